The first-order valence-corrected chi connectivity index (χ1v) is 7.24. The Bertz CT molecular complexity index is 463. The van der Waals surface area contributed by atoms with E-state index in [0.717, 1.165) is 25.7 Å². The predicted octanol–water partition coefficient (Wildman–Crippen LogP) is 2.88. The molecule has 2 rings (SSSR count). The van der Waals surface area contributed by atoms with Crippen LogP contribution in [0.25, 0.3) is 0 Å². The maximum absolute atomic E-state index is 12.0. The van der Waals surface area contributed by atoms with Gasteiger partial charge in [0, 0.05) is 11.7 Å². The van der Waals surface area contributed by atoms with Crippen molar-refractivity contribution >= 4 is 23.0 Å². The number of ether oxygens (including phenoxy) is 1. The number of anilines is 1. The van der Waals surface area contributed by atoms with Gasteiger partial charge < -0.3 is 20.5 Å². The van der Waals surface area contributed by atoms with Crippen molar-refractivity contribution in [3.05, 3.63) is 24.3 Å². The van der Waals surface area contributed by atoms with Crippen molar-refractivity contribution < 1.29 is 18.6 Å². The first-order valence-electron chi connectivity index (χ1n) is 6.83. The molecule has 1 aromatic carbocycles. The van der Waals surface area contributed by atoms with Crippen molar-refractivity contribution in [3.8, 4) is 5.75 Å². The Labute approximate surface area is 127 Å². The number of hydrogen-bond donors (Lipinski definition) is 3. The largest absolute Gasteiger partial charge is 0.435 e. The predicted molar refractivity (Wildman–Crippen MR) is 80.7 cm³/mol. The molecule has 1 aliphatic rings. The number of thiocarbonyl (C=S) groups is 1. The fourth-order valence-corrected chi connectivity index (χ4v) is 2.58. The summed E-state index contributed by atoms with van der Waals surface area (Å²) in [6, 6.07) is 6.41. The maximum Gasteiger partial charge on any atom is 0.387 e. The minimum absolute atomic E-state index is 0.107. The molecule has 4 nitrogen and oxygen atoms in total. The number of alkyl halides is 2. The molecule has 0 atom stereocenters. The molecule has 1 aromatic rings. The van der Waals surface area contributed by atoms with Crippen molar-refractivity contribution in [2.75, 3.05) is 5.32 Å². The lowest BCUT2D eigenvalue weighted by atomic mass is 9.93. The maximum atomic E-state index is 12.0. The van der Waals surface area contributed by atoms with Gasteiger partial charge in [-0.1, -0.05) is 0 Å². The molecule has 1 fully saturated rings. The summed E-state index contributed by atoms with van der Waals surface area (Å²) >= 11 is 5.21. The SMILES string of the molecule is OC1CCC(NC(=S)Nc2ccc(OC(F)F)cc2)CC1. The Morgan fingerprint density at radius 2 is 1.81 bits per heavy atom. The third-order valence-electron chi connectivity index (χ3n) is 3.37. The lowest BCUT2D eigenvalue weighted by Gasteiger charge is -2.27. The molecule has 1 aliphatic carbocycles. The second-order valence-corrected chi connectivity index (χ2v) is 5.42. The molecule has 0 radical (unpaired) electrons. The first-order chi connectivity index (χ1) is 10.0. The van der Waals surface area contributed by atoms with Crippen LogP contribution < -0.4 is 15.4 Å². The van der Waals surface area contributed by atoms with Gasteiger partial charge in [-0.3, -0.25) is 0 Å². The van der Waals surface area contributed by atoms with Crippen molar-refractivity contribution in [2.24, 2.45) is 0 Å². The fourth-order valence-electron chi connectivity index (χ4n) is 2.29. The molecule has 1 saturated carbocycles. The van der Waals surface area contributed by atoms with E-state index in [1.54, 1.807) is 12.1 Å². The Kier molecular flexibility index (Phi) is 5.69. The van der Waals surface area contributed by atoms with Crippen LogP contribution in [0.1, 0.15) is 25.7 Å². The number of rotatable bonds is 4. The smallest absolute Gasteiger partial charge is 0.387 e. The summed E-state index contributed by atoms with van der Waals surface area (Å²) in [6.45, 7) is -2.83. The first kappa shape index (κ1) is 15.9. The van der Waals surface area contributed by atoms with Gasteiger partial charge in [-0.05, 0) is 62.2 Å². The Morgan fingerprint density at radius 1 is 1.19 bits per heavy atom. The van der Waals surface area contributed by atoms with E-state index < -0.39 is 6.61 Å². The molecule has 0 aliphatic heterocycles. The second kappa shape index (κ2) is 7.51. The van der Waals surface area contributed by atoms with Crippen molar-refractivity contribution in [2.45, 2.75) is 44.4 Å². The molecule has 116 valence electrons. The zero-order valence-corrected chi connectivity index (χ0v) is 12.2. The van der Waals surface area contributed by atoms with E-state index in [9.17, 15) is 13.9 Å². The topological polar surface area (TPSA) is 53.5 Å². The van der Waals surface area contributed by atoms with E-state index in [4.69, 9.17) is 12.2 Å². The van der Waals surface area contributed by atoms with Gasteiger partial charge in [-0.15, -0.1) is 0 Å². The zero-order valence-electron chi connectivity index (χ0n) is 11.4. The van der Waals surface area contributed by atoms with Crippen LogP contribution in [0.4, 0.5) is 14.5 Å². The molecule has 0 heterocycles. The fraction of sp³-hybridized carbons (Fsp3) is 0.500. The van der Waals surface area contributed by atoms with Crippen molar-refractivity contribution in [1.82, 2.24) is 5.32 Å². The van der Waals surface area contributed by atoms with Crippen LogP contribution in [-0.4, -0.2) is 29.0 Å². The Balaban J connectivity index is 1.79. The molecule has 7 heteroatoms. The quantitative estimate of drug-likeness (QED) is 0.746. The van der Waals surface area contributed by atoms with Crippen LogP contribution in [0.15, 0.2) is 24.3 Å². The number of hydrogen-bond acceptors (Lipinski definition) is 3. The van der Waals surface area contributed by atoms with Gasteiger partial charge in [-0.25, -0.2) is 0 Å². The van der Waals surface area contributed by atoms with Gasteiger partial charge >= 0.3 is 6.61 Å². The minimum Gasteiger partial charge on any atom is -0.435 e. The third-order valence-corrected chi connectivity index (χ3v) is 3.59. The van der Waals surface area contributed by atoms with E-state index in [2.05, 4.69) is 15.4 Å². The van der Waals surface area contributed by atoms with E-state index in [1.165, 1.54) is 12.1 Å². The molecule has 0 aromatic heterocycles. The lowest BCUT2D eigenvalue weighted by molar-refractivity contribution is -0.0498. The van der Waals surface area contributed by atoms with Crippen LogP contribution in [0.3, 0.4) is 0 Å². The molecule has 0 amide bonds. The molecular weight excluding hydrogens is 298 g/mol. The Morgan fingerprint density at radius 3 is 2.38 bits per heavy atom. The highest BCUT2D eigenvalue weighted by Crippen LogP contribution is 2.19. The average Bonchev–Trinajstić information content (AvgIpc) is 2.43. The molecule has 21 heavy (non-hydrogen) atoms. The van der Waals surface area contributed by atoms with Gasteiger partial charge in [0.15, 0.2) is 5.11 Å². The summed E-state index contributed by atoms with van der Waals surface area (Å²) in [6.07, 6.45) is 3.11. The number of aliphatic hydroxyl groups excluding tert-OH is 1. The standard InChI is InChI=1S/C14H18F2N2O2S/c15-13(16)20-12-7-3-10(4-8-12)18-14(21)17-9-1-5-11(19)6-2-9/h3-4,7-9,11,13,19H,1-2,5-6H2,(H2,17,18,21). The van der Waals surface area contributed by atoms with Crippen LogP contribution in [0.5, 0.6) is 5.75 Å². The molecule has 0 bridgehead atoms. The second-order valence-electron chi connectivity index (χ2n) is 5.01. The normalized spacial score (nSPS) is 21.9. The van der Waals surface area contributed by atoms with Gasteiger partial charge in [0.2, 0.25) is 0 Å². The van der Waals surface area contributed by atoms with E-state index in [1.807, 2.05) is 0 Å². The number of benzene rings is 1. The van der Waals surface area contributed by atoms with Gasteiger partial charge in [0.1, 0.15) is 5.75 Å². The summed E-state index contributed by atoms with van der Waals surface area (Å²) < 4.78 is 28.3. The molecule has 0 saturated heterocycles. The summed E-state index contributed by atoms with van der Waals surface area (Å²) in [5, 5.41) is 16.1. The summed E-state index contributed by atoms with van der Waals surface area (Å²) in [5.74, 6) is 0.107. The highest BCUT2D eigenvalue weighted by Gasteiger charge is 2.19. The zero-order chi connectivity index (χ0) is 15.2. The van der Waals surface area contributed by atoms with Crippen molar-refractivity contribution in [3.63, 3.8) is 0 Å². The highest BCUT2D eigenvalue weighted by molar-refractivity contribution is 7.80. The van der Waals surface area contributed by atoms with E-state index >= 15 is 0 Å². The summed E-state index contributed by atoms with van der Waals surface area (Å²) in [4.78, 5) is 0. The van der Waals surface area contributed by atoms with Gasteiger partial charge in [-0.2, -0.15) is 8.78 Å². The van der Waals surface area contributed by atoms with E-state index in [-0.39, 0.29) is 17.9 Å². The average molecular weight is 316 g/mol. The number of halogens is 2. The summed E-state index contributed by atoms with van der Waals surface area (Å²) in [5.41, 5.74) is 0.699. The number of aliphatic hydroxyl groups is 1. The molecular formula is C14H18F2N2O2S. The van der Waals surface area contributed by atoms with Crippen LogP contribution >= 0.6 is 12.2 Å². The highest BCUT2D eigenvalue weighted by atomic mass is 32.1. The molecule has 3 N–H and O–H groups in total. The van der Waals surface area contributed by atoms with E-state index in [0.29, 0.717) is 10.8 Å². The molecule has 0 spiro atoms. The summed E-state index contributed by atoms with van der Waals surface area (Å²) in [7, 11) is 0. The van der Waals surface area contributed by atoms with Crippen molar-refractivity contribution in [1.29, 1.82) is 0 Å². The lowest BCUT2D eigenvalue weighted by Crippen LogP contribution is -2.40. The van der Waals surface area contributed by atoms with Crippen LogP contribution in [0.2, 0.25) is 0 Å². The van der Waals surface area contributed by atoms with Gasteiger partial charge in [0.05, 0.1) is 6.10 Å². The third kappa shape index (κ3) is 5.43. The minimum atomic E-state index is -2.83. The van der Waals surface area contributed by atoms with Crippen LogP contribution in [0, 0.1) is 0 Å². The van der Waals surface area contributed by atoms with Crippen LogP contribution in [-0.2, 0) is 0 Å². The monoisotopic (exact) mass is 316 g/mol. The number of nitrogens with one attached hydrogen (secondary N) is 2. The Hall–Kier alpha value is -1.47. The molecule has 0 unspecified atom stereocenters. The van der Waals surface area contributed by atoms with Gasteiger partial charge in [0.25, 0.3) is 0 Å².